The van der Waals surface area contributed by atoms with Crippen molar-refractivity contribution in [2.24, 2.45) is 0 Å². The molecule has 0 aliphatic heterocycles. The molecule has 0 aliphatic rings. The minimum absolute atomic E-state index is 0.422. The molecule has 1 N–H and O–H groups in total. The first-order chi connectivity index (χ1) is 8.61. The fourth-order valence-electron chi connectivity index (χ4n) is 2.31. The van der Waals surface area contributed by atoms with E-state index in [4.69, 9.17) is 0 Å². The van der Waals surface area contributed by atoms with Crippen LogP contribution in [0.4, 0.5) is 0 Å². The number of thiophene rings is 1. The van der Waals surface area contributed by atoms with Crippen LogP contribution < -0.4 is 5.32 Å². The second-order valence-electron chi connectivity index (χ2n) is 4.94. The molecule has 0 fully saturated rings. The molecule has 0 aliphatic carbocycles. The minimum atomic E-state index is 0.422. The quantitative estimate of drug-likeness (QED) is 0.868. The Hall–Kier alpha value is -1.12. The van der Waals surface area contributed by atoms with Crippen LogP contribution in [0, 0.1) is 20.8 Å². The average molecular weight is 259 g/mol. The summed E-state index contributed by atoms with van der Waals surface area (Å²) in [6.45, 7) is 6.55. The van der Waals surface area contributed by atoms with E-state index < -0.39 is 0 Å². The zero-order valence-electron chi connectivity index (χ0n) is 11.6. The summed E-state index contributed by atoms with van der Waals surface area (Å²) in [5.74, 6) is 0. The van der Waals surface area contributed by atoms with Gasteiger partial charge in [0.1, 0.15) is 0 Å². The molecule has 2 heteroatoms. The van der Waals surface area contributed by atoms with Crippen molar-refractivity contribution in [3.05, 3.63) is 56.8 Å². The van der Waals surface area contributed by atoms with Gasteiger partial charge in [0.05, 0.1) is 0 Å². The van der Waals surface area contributed by atoms with E-state index in [1.54, 1.807) is 0 Å². The molecule has 1 unspecified atom stereocenters. The Morgan fingerprint density at radius 1 is 1.11 bits per heavy atom. The lowest BCUT2D eigenvalue weighted by Gasteiger charge is -2.18. The number of likely N-dealkylation sites (N-methyl/N-ethyl adjacent to an activating group) is 1. The highest BCUT2D eigenvalue weighted by Crippen LogP contribution is 2.27. The molecule has 1 heterocycles. The molecule has 96 valence electrons. The van der Waals surface area contributed by atoms with Gasteiger partial charge in [-0.05, 0) is 62.4 Å². The normalized spacial score (nSPS) is 12.7. The molecule has 1 nitrogen and oxygen atoms in total. The molecule has 1 aromatic heterocycles. The van der Waals surface area contributed by atoms with E-state index in [-0.39, 0.29) is 0 Å². The van der Waals surface area contributed by atoms with Crippen LogP contribution in [-0.2, 0) is 6.42 Å². The van der Waals surface area contributed by atoms with Crippen molar-refractivity contribution < 1.29 is 0 Å². The lowest BCUT2D eigenvalue weighted by Crippen LogP contribution is -2.19. The third-order valence-corrected chi connectivity index (χ3v) is 4.63. The Morgan fingerprint density at radius 3 is 2.50 bits per heavy atom. The first-order valence-electron chi connectivity index (χ1n) is 6.39. The maximum Gasteiger partial charge on any atom is 0.0456 e. The molecule has 0 amide bonds. The monoisotopic (exact) mass is 259 g/mol. The molecule has 0 spiro atoms. The molecular formula is C16H21NS. The van der Waals surface area contributed by atoms with Crippen LogP contribution in [0.2, 0.25) is 0 Å². The summed E-state index contributed by atoms with van der Waals surface area (Å²) in [5, 5.41) is 5.63. The van der Waals surface area contributed by atoms with Gasteiger partial charge >= 0.3 is 0 Å². The van der Waals surface area contributed by atoms with Crippen LogP contribution in [0.25, 0.3) is 0 Å². The first kappa shape index (κ1) is 13.3. The molecule has 0 bridgehead atoms. The number of hydrogen-bond donors (Lipinski definition) is 1. The topological polar surface area (TPSA) is 12.0 Å². The van der Waals surface area contributed by atoms with Gasteiger partial charge in [-0.15, -0.1) is 11.3 Å². The summed E-state index contributed by atoms with van der Waals surface area (Å²) in [6, 6.07) is 9.34. The molecule has 2 aromatic rings. The molecule has 0 saturated heterocycles. The van der Waals surface area contributed by atoms with Crippen LogP contribution in [0.15, 0.2) is 29.6 Å². The van der Waals surface area contributed by atoms with E-state index in [1.807, 2.05) is 11.3 Å². The molecule has 1 aromatic carbocycles. The fourth-order valence-corrected chi connectivity index (χ4v) is 3.35. The Morgan fingerprint density at radius 2 is 1.89 bits per heavy atom. The van der Waals surface area contributed by atoms with Crippen molar-refractivity contribution >= 4 is 11.3 Å². The van der Waals surface area contributed by atoms with E-state index >= 15 is 0 Å². The lowest BCUT2D eigenvalue weighted by molar-refractivity contribution is 0.598. The maximum atomic E-state index is 3.45. The molecule has 18 heavy (non-hydrogen) atoms. The zero-order valence-corrected chi connectivity index (χ0v) is 12.4. The Balaban J connectivity index is 2.26. The zero-order chi connectivity index (χ0) is 13.1. The van der Waals surface area contributed by atoms with Gasteiger partial charge in [0.2, 0.25) is 0 Å². The number of hydrogen-bond acceptors (Lipinski definition) is 2. The van der Waals surface area contributed by atoms with Crippen molar-refractivity contribution in [3.63, 3.8) is 0 Å². The summed E-state index contributed by atoms with van der Waals surface area (Å²) in [4.78, 5) is 1.46. The second-order valence-corrected chi connectivity index (χ2v) is 5.89. The summed E-state index contributed by atoms with van der Waals surface area (Å²) in [7, 11) is 2.05. The van der Waals surface area contributed by atoms with Crippen LogP contribution in [-0.4, -0.2) is 7.05 Å². The minimum Gasteiger partial charge on any atom is -0.312 e. The molecule has 1 atom stereocenters. The van der Waals surface area contributed by atoms with E-state index in [0.29, 0.717) is 6.04 Å². The number of rotatable bonds is 4. The third-order valence-electron chi connectivity index (χ3n) is 3.50. The number of nitrogens with one attached hydrogen (secondary N) is 1. The van der Waals surface area contributed by atoms with E-state index in [1.165, 1.54) is 27.1 Å². The van der Waals surface area contributed by atoms with Gasteiger partial charge in [0.25, 0.3) is 0 Å². The summed E-state index contributed by atoms with van der Waals surface area (Å²) in [5.41, 5.74) is 5.57. The number of benzene rings is 1. The van der Waals surface area contributed by atoms with Crippen molar-refractivity contribution in [2.45, 2.75) is 33.2 Å². The van der Waals surface area contributed by atoms with Crippen LogP contribution in [0.1, 0.15) is 33.2 Å². The fraction of sp³-hybridized carbons (Fsp3) is 0.375. The Bertz CT molecular complexity index is 528. The Labute approximate surface area is 114 Å². The van der Waals surface area contributed by atoms with Crippen molar-refractivity contribution in [1.82, 2.24) is 5.32 Å². The molecule has 0 saturated carbocycles. The second kappa shape index (κ2) is 5.68. The van der Waals surface area contributed by atoms with Crippen LogP contribution in [0.5, 0.6) is 0 Å². The van der Waals surface area contributed by atoms with Gasteiger partial charge in [-0.25, -0.2) is 0 Å². The predicted molar refractivity (Wildman–Crippen MR) is 80.5 cm³/mol. The smallest absolute Gasteiger partial charge is 0.0456 e. The van der Waals surface area contributed by atoms with E-state index in [0.717, 1.165) is 6.42 Å². The molecule has 2 rings (SSSR count). The van der Waals surface area contributed by atoms with Crippen LogP contribution in [0.3, 0.4) is 0 Å². The SMILES string of the molecule is CNC(Cc1cc(C)ccc1C)c1sccc1C. The van der Waals surface area contributed by atoms with E-state index in [9.17, 15) is 0 Å². The highest BCUT2D eigenvalue weighted by molar-refractivity contribution is 7.10. The largest absolute Gasteiger partial charge is 0.312 e. The predicted octanol–water partition coefficient (Wildman–Crippen LogP) is 4.18. The average Bonchev–Trinajstić information content (AvgIpc) is 2.77. The highest BCUT2D eigenvalue weighted by Gasteiger charge is 2.14. The van der Waals surface area contributed by atoms with E-state index in [2.05, 4.69) is 62.8 Å². The number of aryl methyl sites for hydroxylation is 3. The van der Waals surface area contributed by atoms with Gasteiger partial charge in [-0.2, -0.15) is 0 Å². The summed E-state index contributed by atoms with van der Waals surface area (Å²) >= 11 is 1.85. The molecule has 0 radical (unpaired) electrons. The van der Waals surface area contributed by atoms with Gasteiger partial charge in [-0.3, -0.25) is 0 Å². The highest BCUT2D eigenvalue weighted by atomic mass is 32.1. The van der Waals surface area contributed by atoms with Gasteiger partial charge in [0, 0.05) is 10.9 Å². The van der Waals surface area contributed by atoms with Gasteiger partial charge in [-0.1, -0.05) is 23.8 Å². The third kappa shape index (κ3) is 2.82. The lowest BCUT2D eigenvalue weighted by atomic mass is 9.97. The first-order valence-corrected chi connectivity index (χ1v) is 7.27. The molecular weight excluding hydrogens is 238 g/mol. The van der Waals surface area contributed by atoms with Crippen molar-refractivity contribution in [2.75, 3.05) is 7.05 Å². The maximum absolute atomic E-state index is 3.45. The van der Waals surface area contributed by atoms with Crippen molar-refractivity contribution in [3.8, 4) is 0 Å². The standard InChI is InChI=1S/C16H21NS/c1-11-5-6-12(2)14(9-11)10-15(17-4)16-13(3)7-8-18-16/h5-9,15,17H,10H2,1-4H3. The summed E-state index contributed by atoms with van der Waals surface area (Å²) < 4.78 is 0. The van der Waals surface area contributed by atoms with Crippen LogP contribution >= 0.6 is 11.3 Å². The van der Waals surface area contributed by atoms with Crippen molar-refractivity contribution in [1.29, 1.82) is 0 Å². The van der Waals surface area contributed by atoms with Gasteiger partial charge < -0.3 is 5.32 Å². The Kier molecular flexibility index (Phi) is 4.20. The van der Waals surface area contributed by atoms with Gasteiger partial charge in [0.15, 0.2) is 0 Å². The summed E-state index contributed by atoms with van der Waals surface area (Å²) in [6.07, 6.45) is 1.06.